The maximum absolute atomic E-state index is 12.5. The number of hydrogen-bond acceptors (Lipinski definition) is 5. The lowest BCUT2D eigenvalue weighted by atomic mass is 10.2. The van der Waals surface area contributed by atoms with Crippen LogP contribution < -0.4 is 10.0 Å². The lowest BCUT2D eigenvalue weighted by molar-refractivity contribution is 0.0933. The first kappa shape index (κ1) is 20.2. The molecule has 0 aliphatic heterocycles. The van der Waals surface area contributed by atoms with Gasteiger partial charge in [-0.3, -0.25) is 9.52 Å². The molecule has 1 saturated carbocycles. The minimum Gasteiger partial charge on any atom is -0.444 e. The summed E-state index contributed by atoms with van der Waals surface area (Å²) in [7, 11) is -3.67. The molecular weight excluding hydrogens is 402 g/mol. The summed E-state index contributed by atoms with van der Waals surface area (Å²) >= 11 is 0. The zero-order valence-corrected chi connectivity index (χ0v) is 17.4. The molecule has 1 aliphatic carbocycles. The lowest BCUT2D eigenvalue weighted by Crippen LogP contribution is -2.32. The van der Waals surface area contributed by atoms with Crippen LogP contribution >= 0.6 is 0 Å². The standard InChI is InChI=1S/C22H23N3O4S/c1-15-6-12-19(13-7-15)30(27,28)25-18-10-8-16(9-11-18)22-24-20(14-29-22)21(26)23-17-4-2-3-5-17/h6-14,17,25H,2-5H2,1H3,(H,23,26). The number of carbonyl (C=O) groups is 1. The van der Waals surface area contributed by atoms with Crippen LogP contribution in [0.3, 0.4) is 0 Å². The highest BCUT2D eigenvalue weighted by atomic mass is 32.2. The molecule has 0 unspecified atom stereocenters. The van der Waals surface area contributed by atoms with Crippen molar-refractivity contribution in [3.63, 3.8) is 0 Å². The van der Waals surface area contributed by atoms with Crippen molar-refractivity contribution in [2.75, 3.05) is 4.72 Å². The summed E-state index contributed by atoms with van der Waals surface area (Å²) in [6.45, 7) is 1.90. The number of aryl methyl sites for hydroxylation is 1. The predicted octanol–water partition coefficient (Wildman–Crippen LogP) is 4.12. The number of carbonyl (C=O) groups excluding carboxylic acids is 1. The molecule has 7 nitrogen and oxygen atoms in total. The zero-order valence-electron chi connectivity index (χ0n) is 16.6. The minimum atomic E-state index is -3.67. The van der Waals surface area contributed by atoms with E-state index in [4.69, 9.17) is 4.42 Å². The van der Waals surface area contributed by atoms with Gasteiger partial charge in [0.15, 0.2) is 5.69 Å². The van der Waals surface area contributed by atoms with E-state index in [9.17, 15) is 13.2 Å². The number of oxazole rings is 1. The van der Waals surface area contributed by atoms with Gasteiger partial charge in [-0.1, -0.05) is 30.5 Å². The zero-order chi connectivity index (χ0) is 21.1. The molecule has 0 atom stereocenters. The van der Waals surface area contributed by atoms with E-state index in [0.717, 1.165) is 31.2 Å². The molecule has 1 aliphatic rings. The van der Waals surface area contributed by atoms with Crippen LogP contribution in [0.2, 0.25) is 0 Å². The normalized spacial score (nSPS) is 14.6. The van der Waals surface area contributed by atoms with E-state index < -0.39 is 10.0 Å². The molecule has 0 saturated heterocycles. The smallest absolute Gasteiger partial charge is 0.273 e. The van der Waals surface area contributed by atoms with Crippen LogP contribution in [0.25, 0.3) is 11.5 Å². The second kappa shape index (κ2) is 8.31. The Labute approximate surface area is 175 Å². The molecule has 2 N–H and O–H groups in total. The van der Waals surface area contributed by atoms with E-state index in [1.807, 2.05) is 6.92 Å². The van der Waals surface area contributed by atoms with Crippen molar-refractivity contribution >= 4 is 21.6 Å². The average Bonchev–Trinajstić information content (AvgIpc) is 3.41. The maximum Gasteiger partial charge on any atom is 0.273 e. The van der Waals surface area contributed by atoms with Gasteiger partial charge in [-0.15, -0.1) is 0 Å². The van der Waals surface area contributed by atoms with Crippen LogP contribution in [0.4, 0.5) is 5.69 Å². The number of sulfonamides is 1. The number of aromatic nitrogens is 1. The van der Waals surface area contributed by atoms with Gasteiger partial charge < -0.3 is 9.73 Å². The van der Waals surface area contributed by atoms with E-state index in [-0.39, 0.29) is 22.5 Å². The van der Waals surface area contributed by atoms with Gasteiger partial charge in [0.05, 0.1) is 4.90 Å². The Kier molecular flexibility index (Phi) is 5.59. The third-order valence-corrected chi connectivity index (χ3v) is 6.54. The monoisotopic (exact) mass is 425 g/mol. The summed E-state index contributed by atoms with van der Waals surface area (Å²) in [5, 5.41) is 2.98. The Hall–Kier alpha value is -3.13. The van der Waals surface area contributed by atoms with Gasteiger partial charge in [0.25, 0.3) is 15.9 Å². The van der Waals surface area contributed by atoms with Crippen molar-refractivity contribution in [1.29, 1.82) is 0 Å². The predicted molar refractivity (Wildman–Crippen MR) is 114 cm³/mol. The van der Waals surface area contributed by atoms with Crippen LogP contribution in [0.15, 0.2) is 64.1 Å². The number of nitrogens with one attached hydrogen (secondary N) is 2. The number of amides is 1. The van der Waals surface area contributed by atoms with Crippen molar-refractivity contribution in [1.82, 2.24) is 10.3 Å². The van der Waals surface area contributed by atoms with E-state index in [0.29, 0.717) is 17.1 Å². The van der Waals surface area contributed by atoms with Gasteiger partial charge in [0.2, 0.25) is 5.89 Å². The van der Waals surface area contributed by atoms with Crippen LogP contribution in [0.1, 0.15) is 41.7 Å². The van der Waals surface area contributed by atoms with Crippen LogP contribution in [-0.2, 0) is 10.0 Å². The summed E-state index contributed by atoms with van der Waals surface area (Å²) in [5.74, 6) is 0.0684. The summed E-state index contributed by atoms with van der Waals surface area (Å²) in [6.07, 6.45) is 5.60. The highest BCUT2D eigenvalue weighted by Gasteiger charge is 2.20. The van der Waals surface area contributed by atoms with Crippen molar-refractivity contribution in [3.05, 3.63) is 66.1 Å². The van der Waals surface area contributed by atoms with E-state index in [2.05, 4.69) is 15.0 Å². The second-order valence-corrected chi connectivity index (χ2v) is 9.17. The van der Waals surface area contributed by atoms with Gasteiger partial charge in [-0.25, -0.2) is 13.4 Å². The average molecular weight is 426 g/mol. The van der Waals surface area contributed by atoms with E-state index in [1.54, 1.807) is 48.5 Å². The van der Waals surface area contributed by atoms with E-state index in [1.165, 1.54) is 6.26 Å². The molecular formula is C22H23N3O4S. The second-order valence-electron chi connectivity index (χ2n) is 7.49. The summed E-state index contributed by atoms with van der Waals surface area (Å²) in [6, 6.07) is 13.5. The first-order valence-corrected chi connectivity index (χ1v) is 11.4. The molecule has 0 radical (unpaired) electrons. The number of hydrogen-bond donors (Lipinski definition) is 2. The number of anilines is 1. The fourth-order valence-electron chi connectivity index (χ4n) is 3.45. The van der Waals surface area contributed by atoms with Gasteiger partial charge >= 0.3 is 0 Å². The fourth-order valence-corrected chi connectivity index (χ4v) is 4.51. The molecule has 156 valence electrons. The van der Waals surface area contributed by atoms with Crippen molar-refractivity contribution in [2.24, 2.45) is 0 Å². The molecule has 2 aromatic carbocycles. The summed E-state index contributed by atoms with van der Waals surface area (Å²) < 4.78 is 33.0. The van der Waals surface area contributed by atoms with Crippen LogP contribution in [0.5, 0.6) is 0 Å². The highest BCUT2D eigenvalue weighted by Crippen LogP contribution is 2.23. The lowest BCUT2D eigenvalue weighted by Gasteiger charge is -2.09. The summed E-state index contributed by atoms with van der Waals surface area (Å²) in [5.41, 5.74) is 2.29. The van der Waals surface area contributed by atoms with Gasteiger partial charge in [0, 0.05) is 17.3 Å². The molecule has 30 heavy (non-hydrogen) atoms. The highest BCUT2D eigenvalue weighted by molar-refractivity contribution is 7.92. The molecule has 1 fully saturated rings. The number of benzene rings is 2. The molecule has 4 rings (SSSR count). The Morgan fingerprint density at radius 3 is 2.37 bits per heavy atom. The topological polar surface area (TPSA) is 101 Å². The largest absolute Gasteiger partial charge is 0.444 e. The van der Waals surface area contributed by atoms with Crippen molar-refractivity contribution < 1.29 is 17.6 Å². The first-order valence-electron chi connectivity index (χ1n) is 9.87. The third kappa shape index (κ3) is 4.54. The summed E-state index contributed by atoms with van der Waals surface area (Å²) in [4.78, 5) is 16.8. The third-order valence-electron chi connectivity index (χ3n) is 5.14. The van der Waals surface area contributed by atoms with Gasteiger partial charge in [-0.05, 0) is 56.2 Å². The number of nitrogens with zero attached hydrogens (tertiary/aromatic N) is 1. The van der Waals surface area contributed by atoms with E-state index >= 15 is 0 Å². The van der Waals surface area contributed by atoms with Crippen LogP contribution in [-0.4, -0.2) is 25.4 Å². The van der Waals surface area contributed by atoms with Crippen LogP contribution in [0, 0.1) is 6.92 Å². The first-order chi connectivity index (χ1) is 14.4. The van der Waals surface area contributed by atoms with Gasteiger partial charge in [0.1, 0.15) is 6.26 Å². The Morgan fingerprint density at radius 1 is 1.03 bits per heavy atom. The maximum atomic E-state index is 12.5. The van der Waals surface area contributed by atoms with Crippen molar-refractivity contribution in [3.8, 4) is 11.5 Å². The Balaban J connectivity index is 1.44. The molecule has 0 bridgehead atoms. The Bertz CT molecular complexity index is 1130. The SMILES string of the molecule is Cc1ccc(S(=O)(=O)Nc2ccc(-c3nc(C(=O)NC4CCCC4)co3)cc2)cc1. The molecule has 1 aromatic heterocycles. The Morgan fingerprint density at radius 2 is 1.70 bits per heavy atom. The molecule has 1 amide bonds. The minimum absolute atomic E-state index is 0.197. The molecule has 3 aromatic rings. The molecule has 1 heterocycles. The number of rotatable bonds is 6. The molecule has 0 spiro atoms. The fraction of sp³-hybridized carbons (Fsp3) is 0.273. The molecule has 8 heteroatoms. The quantitative estimate of drug-likeness (QED) is 0.619. The van der Waals surface area contributed by atoms with Gasteiger partial charge in [-0.2, -0.15) is 0 Å². The van der Waals surface area contributed by atoms with Crippen molar-refractivity contribution in [2.45, 2.75) is 43.5 Å².